The van der Waals surface area contributed by atoms with E-state index in [4.69, 9.17) is 14.9 Å². The smallest absolute Gasteiger partial charge is 0.416 e. The fourth-order valence-corrected chi connectivity index (χ4v) is 4.13. The van der Waals surface area contributed by atoms with Crippen molar-refractivity contribution >= 4 is 6.21 Å². The van der Waals surface area contributed by atoms with Crippen molar-refractivity contribution in [2.24, 2.45) is 0 Å². The fraction of sp³-hybridized carbons (Fsp3) is 0.148. The maximum atomic E-state index is 13.0. The van der Waals surface area contributed by atoms with E-state index in [1.165, 1.54) is 12.1 Å². The summed E-state index contributed by atoms with van der Waals surface area (Å²) in [4.78, 5) is 16.6. The highest BCUT2D eigenvalue weighted by molar-refractivity contribution is 5.81. The van der Waals surface area contributed by atoms with Crippen molar-refractivity contribution in [3.05, 3.63) is 106 Å². The van der Waals surface area contributed by atoms with Crippen LogP contribution in [0.2, 0.25) is 0 Å². The molecule has 0 bridgehead atoms. The predicted molar refractivity (Wildman–Crippen MR) is 128 cm³/mol. The van der Waals surface area contributed by atoms with E-state index in [0.29, 0.717) is 17.7 Å². The predicted octanol–water partition coefficient (Wildman–Crippen LogP) is 5.85. The molecule has 0 saturated heterocycles. The van der Waals surface area contributed by atoms with Crippen LogP contribution in [0.1, 0.15) is 22.3 Å². The molecule has 0 spiro atoms. The van der Waals surface area contributed by atoms with Crippen LogP contribution in [-0.2, 0) is 25.7 Å². The average molecular weight is 491 g/mol. The topological polar surface area (TPSA) is 77.2 Å². The molecule has 0 aliphatic carbocycles. The van der Waals surface area contributed by atoms with Gasteiger partial charge in [0, 0.05) is 30.0 Å². The average Bonchev–Trinajstić information content (AvgIpc) is 2.87. The van der Waals surface area contributed by atoms with Crippen molar-refractivity contribution in [2.45, 2.75) is 25.7 Å². The van der Waals surface area contributed by atoms with Gasteiger partial charge in [-0.15, -0.1) is 0 Å². The van der Waals surface area contributed by atoms with Gasteiger partial charge in [0.25, 0.3) is 0 Å². The largest absolute Gasteiger partial charge is 0.473 e. The summed E-state index contributed by atoms with van der Waals surface area (Å²) in [6.07, 6.45) is -2.68. The van der Waals surface area contributed by atoms with Crippen LogP contribution in [0.4, 0.5) is 13.2 Å². The van der Waals surface area contributed by atoms with Crippen LogP contribution in [0.3, 0.4) is 0 Å². The van der Waals surface area contributed by atoms with Gasteiger partial charge in [-0.1, -0.05) is 36.4 Å². The second-order valence-corrected chi connectivity index (χ2v) is 8.25. The lowest BCUT2D eigenvalue weighted by atomic mass is 9.98. The number of alkyl halides is 3. The maximum Gasteiger partial charge on any atom is 0.416 e. The molecule has 1 aliphatic heterocycles. The van der Waals surface area contributed by atoms with Crippen molar-refractivity contribution in [1.82, 2.24) is 9.55 Å². The molecular formula is C27H20F3N3O3. The van der Waals surface area contributed by atoms with Gasteiger partial charge in [-0.05, 0) is 47.9 Å². The highest BCUT2D eigenvalue weighted by Gasteiger charge is 2.30. The van der Waals surface area contributed by atoms with Crippen LogP contribution in [0, 0.1) is 5.41 Å². The third-order valence-electron chi connectivity index (χ3n) is 5.89. The number of rotatable bonds is 6. The molecule has 1 aromatic heterocycles. The number of nitrogens with one attached hydrogen (secondary N) is 1. The number of hydrogen-bond donors (Lipinski definition) is 1. The van der Waals surface area contributed by atoms with E-state index < -0.39 is 11.7 Å². The summed E-state index contributed by atoms with van der Waals surface area (Å²) in [6.45, 7) is 0.622. The van der Waals surface area contributed by atoms with Gasteiger partial charge < -0.3 is 14.9 Å². The fourth-order valence-electron chi connectivity index (χ4n) is 4.13. The Morgan fingerprint density at radius 2 is 1.86 bits per heavy atom. The van der Waals surface area contributed by atoms with Crippen molar-refractivity contribution < 1.29 is 22.6 Å². The van der Waals surface area contributed by atoms with Gasteiger partial charge in [0.2, 0.25) is 5.88 Å². The summed E-state index contributed by atoms with van der Waals surface area (Å²) < 4.78 is 52.0. The van der Waals surface area contributed by atoms with E-state index in [-0.39, 0.29) is 29.7 Å². The zero-order chi connectivity index (χ0) is 25.3. The highest BCUT2D eigenvalue weighted by Crippen LogP contribution is 2.34. The number of aryl methyl sites for hydroxylation is 1. The van der Waals surface area contributed by atoms with Crippen molar-refractivity contribution in [2.75, 3.05) is 0 Å². The summed E-state index contributed by atoms with van der Waals surface area (Å²) in [7, 11) is 0. The van der Waals surface area contributed by atoms with Gasteiger partial charge >= 0.3 is 11.9 Å². The maximum absolute atomic E-state index is 13.0. The van der Waals surface area contributed by atoms with Crippen LogP contribution < -0.4 is 15.2 Å². The third-order valence-corrected chi connectivity index (χ3v) is 5.89. The van der Waals surface area contributed by atoms with Gasteiger partial charge in [0.1, 0.15) is 18.1 Å². The van der Waals surface area contributed by atoms with E-state index in [9.17, 15) is 18.0 Å². The normalized spacial score (nSPS) is 12.4. The standard InChI is InChI=1S/C27H20F3N3O3/c28-27(29,30)20-5-3-6-21(13-20)36-24-9-8-17(12-19(24)15-31)16-35-25-14-23-22-7-2-1-4-18(22)10-11-33(23)26(34)32-25/h1-9,12-15,31H,10-11,16H2. The lowest BCUT2D eigenvalue weighted by Gasteiger charge is -2.21. The number of aromatic nitrogens is 2. The van der Waals surface area contributed by atoms with Crippen molar-refractivity contribution in [3.63, 3.8) is 0 Å². The molecule has 0 fully saturated rings. The molecule has 4 aromatic rings. The van der Waals surface area contributed by atoms with Crippen LogP contribution in [0.25, 0.3) is 11.3 Å². The molecule has 0 radical (unpaired) electrons. The van der Waals surface area contributed by atoms with E-state index in [1.54, 1.807) is 28.8 Å². The lowest BCUT2D eigenvalue weighted by molar-refractivity contribution is -0.137. The van der Waals surface area contributed by atoms with E-state index in [0.717, 1.165) is 41.6 Å². The molecule has 5 rings (SSSR count). The van der Waals surface area contributed by atoms with E-state index in [2.05, 4.69) is 4.98 Å². The molecule has 0 amide bonds. The van der Waals surface area contributed by atoms with Crippen LogP contribution in [-0.4, -0.2) is 15.8 Å². The molecule has 1 N–H and O–H groups in total. The van der Waals surface area contributed by atoms with E-state index in [1.807, 2.05) is 24.3 Å². The third kappa shape index (κ3) is 4.72. The Kier molecular flexibility index (Phi) is 6.05. The SMILES string of the molecule is N=Cc1cc(COc2cc3n(c(=O)n2)CCc2ccccc2-3)ccc1Oc1cccc(C(F)(F)F)c1. The van der Waals surface area contributed by atoms with Gasteiger partial charge in [0.05, 0.1) is 11.3 Å². The number of ether oxygens (including phenoxy) is 2. The summed E-state index contributed by atoms with van der Waals surface area (Å²) >= 11 is 0. The molecule has 36 heavy (non-hydrogen) atoms. The Labute approximate surface area is 204 Å². The molecule has 9 heteroatoms. The summed E-state index contributed by atoms with van der Waals surface area (Å²) in [5, 5.41) is 7.70. The number of halogens is 3. The molecule has 182 valence electrons. The van der Waals surface area contributed by atoms with Gasteiger partial charge in [0.15, 0.2) is 0 Å². The lowest BCUT2D eigenvalue weighted by Crippen LogP contribution is -2.28. The number of fused-ring (bicyclic) bond motifs is 3. The first kappa shape index (κ1) is 23.3. The number of benzene rings is 3. The molecular weight excluding hydrogens is 471 g/mol. The molecule has 0 saturated carbocycles. The molecule has 0 atom stereocenters. The zero-order valence-electron chi connectivity index (χ0n) is 18.9. The van der Waals surface area contributed by atoms with Crippen LogP contribution >= 0.6 is 0 Å². The van der Waals surface area contributed by atoms with Crippen molar-refractivity contribution in [3.8, 4) is 28.6 Å². The Hall–Kier alpha value is -4.40. The Balaban J connectivity index is 1.35. The van der Waals surface area contributed by atoms with Crippen LogP contribution in [0.15, 0.2) is 77.6 Å². The Morgan fingerprint density at radius 3 is 2.67 bits per heavy atom. The molecule has 6 nitrogen and oxygen atoms in total. The first-order valence-electron chi connectivity index (χ1n) is 11.1. The van der Waals surface area contributed by atoms with Gasteiger partial charge in [-0.25, -0.2) is 4.79 Å². The van der Waals surface area contributed by atoms with E-state index >= 15 is 0 Å². The minimum atomic E-state index is -4.49. The molecule has 3 aromatic carbocycles. The Morgan fingerprint density at radius 1 is 1.03 bits per heavy atom. The monoisotopic (exact) mass is 491 g/mol. The van der Waals surface area contributed by atoms with Crippen LogP contribution in [0.5, 0.6) is 17.4 Å². The number of hydrogen-bond acceptors (Lipinski definition) is 5. The first-order valence-corrected chi connectivity index (χ1v) is 11.1. The molecule has 1 aliphatic rings. The molecule has 0 unspecified atom stereocenters. The summed E-state index contributed by atoms with van der Waals surface area (Å²) in [5.41, 5.74) is 2.69. The minimum Gasteiger partial charge on any atom is -0.473 e. The minimum absolute atomic E-state index is 0.0101. The second-order valence-electron chi connectivity index (χ2n) is 8.25. The molecule has 2 heterocycles. The highest BCUT2D eigenvalue weighted by atomic mass is 19.4. The summed E-state index contributed by atoms with van der Waals surface area (Å²) in [5.74, 6) is 0.425. The number of nitrogens with zero attached hydrogens (tertiary/aromatic N) is 2. The zero-order valence-corrected chi connectivity index (χ0v) is 18.9. The van der Waals surface area contributed by atoms with Gasteiger partial charge in [-0.3, -0.25) is 4.57 Å². The Bertz CT molecular complexity index is 1510. The van der Waals surface area contributed by atoms with Crippen molar-refractivity contribution in [1.29, 1.82) is 5.41 Å². The quantitative estimate of drug-likeness (QED) is 0.343. The second kappa shape index (κ2) is 9.33. The first-order chi connectivity index (χ1) is 17.3. The summed E-state index contributed by atoms with van der Waals surface area (Å²) in [6, 6.07) is 19.0. The van der Waals surface area contributed by atoms with Gasteiger partial charge in [-0.2, -0.15) is 18.2 Å².